The first-order valence-corrected chi connectivity index (χ1v) is 15.9. The van der Waals surface area contributed by atoms with Gasteiger partial charge in [-0.2, -0.15) is 0 Å². The molecule has 0 saturated heterocycles. The van der Waals surface area contributed by atoms with Crippen molar-refractivity contribution in [2.75, 3.05) is 59.0 Å². The van der Waals surface area contributed by atoms with Crippen molar-refractivity contribution in [2.24, 2.45) is 0 Å². The van der Waals surface area contributed by atoms with E-state index in [1.807, 2.05) is 26.1 Å². The fourth-order valence-corrected chi connectivity index (χ4v) is 6.52. The van der Waals surface area contributed by atoms with Crippen LogP contribution in [-0.4, -0.2) is 78.1 Å². The maximum Gasteiger partial charge on any atom is 0.178 e. The summed E-state index contributed by atoms with van der Waals surface area (Å²) < 4.78 is 42.6. The largest absolute Gasteiger partial charge is 0.379 e. The van der Waals surface area contributed by atoms with E-state index in [1.165, 1.54) is 0 Å². The average Bonchev–Trinajstić information content (AvgIpc) is 2.91. The van der Waals surface area contributed by atoms with Crippen molar-refractivity contribution in [3.05, 3.63) is 63.1 Å². The molecule has 0 bridgehead atoms. The Kier molecular flexibility index (Phi) is 13.2. The maximum atomic E-state index is 13.1. The number of rotatable bonds is 17. The molecule has 0 spiro atoms. The van der Waals surface area contributed by atoms with Gasteiger partial charge in [0.1, 0.15) is 5.78 Å². The summed E-state index contributed by atoms with van der Waals surface area (Å²) >= 11 is 12.8. The zero-order chi connectivity index (χ0) is 28.3. The van der Waals surface area contributed by atoms with E-state index in [4.69, 9.17) is 37.4 Å². The van der Waals surface area contributed by atoms with Crippen LogP contribution in [0, 0.1) is 0 Å². The minimum Gasteiger partial charge on any atom is -0.379 e. The second-order valence-corrected chi connectivity index (χ2v) is 12.7. The number of benzene rings is 2. The van der Waals surface area contributed by atoms with Gasteiger partial charge in [0.05, 0.1) is 37.1 Å². The molecule has 0 radical (unpaired) electrons. The van der Waals surface area contributed by atoms with Gasteiger partial charge in [0, 0.05) is 55.1 Å². The molecule has 216 valence electrons. The van der Waals surface area contributed by atoms with Crippen molar-refractivity contribution < 1.29 is 27.4 Å². The molecule has 1 aliphatic rings. The third-order valence-corrected chi connectivity index (χ3v) is 9.05. The van der Waals surface area contributed by atoms with E-state index in [2.05, 4.69) is 4.90 Å². The number of ether oxygens (including phenoxy) is 3. The van der Waals surface area contributed by atoms with E-state index in [-0.39, 0.29) is 17.5 Å². The van der Waals surface area contributed by atoms with Crippen LogP contribution in [0.4, 0.5) is 0 Å². The standard InChI is InChI=1S/C29H39Cl2NO6S/c1-3-24(33)8-5-10-36-12-14-38-15-13-37-11-6-16-39(34,35)25-9-4-7-22(17-25)27-20-32(2)21-28-26(27)18-23(30)19-29(28)31/h4,7,9,17-19,27H,3,5-6,8,10-16,20-21H2,1-2H3/t27-/m0/s1. The molecule has 0 aromatic heterocycles. The molecular weight excluding hydrogens is 561 g/mol. The number of fused-ring (bicyclic) bond motifs is 1. The molecule has 0 N–H and O–H groups in total. The lowest BCUT2D eigenvalue weighted by Crippen LogP contribution is -2.31. The highest BCUT2D eigenvalue weighted by Gasteiger charge is 2.28. The predicted molar refractivity (Wildman–Crippen MR) is 155 cm³/mol. The normalized spacial score (nSPS) is 15.8. The Morgan fingerprint density at radius 3 is 2.33 bits per heavy atom. The zero-order valence-corrected chi connectivity index (χ0v) is 25.1. The lowest BCUT2D eigenvalue weighted by Gasteiger charge is -2.33. The van der Waals surface area contributed by atoms with Gasteiger partial charge in [-0.3, -0.25) is 4.79 Å². The summed E-state index contributed by atoms with van der Waals surface area (Å²) in [5.74, 6) is 0.234. The number of sulfone groups is 1. The lowest BCUT2D eigenvalue weighted by atomic mass is 9.85. The van der Waals surface area contributed by atoms with E-state index in [1.54, 1.807) is 24.3 Å². The number of carbonyl (C=O) groups excluding carboxylic acids is 1. The molecule has 1 aliphatic heterocycles. The fourth-order valence-electron chi connectivity index (χ4n) is 4.61. The number of ketones is 1. The van der Waals surface area contributed by atoms with Gasteiger partial charge in [0.25, 0.3) is 0 Å². The third-order valence-electron chi connectivity index (χ3n) is 6.70. The van der Waals surface area contributed by atoms with Crippen LogP contribution >= 0.6 is 23.2 Å². The minimum atomic E-state index is -3.46. The number of nitrogens with zero attached hydrogens (tertiary/aromatic N) is 1. The van der Waals surface area contributed by atoms with Crippen molar-refractivity contribution in [1.29, 1.82) is 0 Å². The first-order chi connectivity index (χ1) is 18.7. The molecule has 10 heteroatoms. The van der Waals surface area contributed by atoms with Crippen molar-refractivity contribution in [2.45, 2.75) is 50.0 Å². The van der Waals surface area contributed by atoms with Crippen molar-refractivity contribution >= 4 is 38.8 Å². The zero-order valence-electron chi connectivity index (χ0n) is 22.8. The molecule has 7 nitrogen and oxygen atoms in total. The topological polar surface area (TPSA) is 82.1 Å². The van der Waals surface area contributed by atoms with Gasteiger partial charge in [0.2, 0.25) is 0 Å². The number of Topliss-reactive ketones (excluding diaryl/α,β-unsaturated/α-hetero) is 1. The van der Waals surface area contributed by atoms with E-state index in [9.17, 15) is 13.2 Å². The first kappa shape index (κ1) is 32.0. The van der Waals surface area contributed by atoms with E-state index >= 15 is 0 Å². The summed E-state index contributed by atoms with van der Waals surface area (Å²) in [7, 11) is -1.44. The molecule has 39 heavy (non-hydrogen) atoms. The smallest absolute Gasteiger partial charge is 0.178 e. The number of hydrogen-bond donors (Lipinski definition) is 0. The Balaban J connectivity index is 1.40. The van der Waals surface area contributed by atoms with Gasteiger partial charge in [-0.05, 0) is 60.8 Å². The van der Waals surface area contributed by atoms with Crippen LogP contribution < -0.4 is 0 Å². The first-order valence-electron chi connectivity index (χ1n) is 13.4. The Bertz CT molecular complexity index is 1190. The maximum absolute atomic E-state index is 13.1. The van der Waals surface area contributed by atoms with E-state index in [0.717, 1.165) is 36.2 Å². The minimum absolute atomic E-state index is 0.00446. The molecular formula is C29H39Cl2NO6S. The van der Waals surface area contributed by atoms with Gasteiger partial charge in [-0.1, -0.05) is 42.3 Å². The van der Waals surface area contributed by atoms with Gasteiger partial charge >= 0.3 is 0 Å². The average molecular weight is 601 g/mol. The third kappa shape index (κ3) is 10.1. The summed E-state index contributed by atoms with van der Waals surface area (Å²) in [6.45, 7) is 5.95. The van der Waals surface area contributed by atoms with Crippen LogP contribution in [0.3, 0.4) is 0 Å². The van der Waals surface area contributed by atoms with Gasteiger partial charge in [-0.15, -0.1) is 0 Å². The molecule has 0 fully saturated rings. The molecule has 3 rings (SSSR count). The number of likely N-dealkylation sites (N-methyl/N-ethyl adjacent to an activating group) is 1. The number of halogens is 2. The molecule has 0 saturated carbocycles. The van der Waals surface area contributed by atoms with Crippen LogP contribution in [0.1, 0.15) is 55.2 Å². The molecule has 0 amide bonds. The van der Waals surface area contributed by atoms with Gasteiger partial charge in [0.15, 0.2) is 9.84 Å². The molecule has 0 unspecified atom stereocenters. The molecule has 1 heterocycles. The molecule has 2 aromatic rings. The Hall–Kier alpha value is -1.52. The highest BCUT2D eigenvalue weighted by Crippen LogP contribution is 2.38. The van der Waals surface area contributed by atoms with Crippen LogP contribution in [0.5, 0.6) is 0 Å². The highest BCUT2D eigenvalue weighted by atomic mass is 35.5. The highest BCUT2D eigenvalue weighted by molar-refractivity contribution is 7.91. The lowest BCUT2D eigenvalue weighted by molar-refractivity contribution is -0.119. The predicted octanol–water partition coefficient (Wildman–Crippen LogP) is 5.54. The summed E-state index contributed by atoms with van der Waals surface area (Å²) in [5.41, 5.74) is 3.00. The van der Waals surface area contributed by atoms with Crippen molar-refractivity contribution in [3.63, 3.8) is 0 Å². The van der Waals surface area contributed by atoms with Crippen molar-refractivity contribution in [1.82, 2.24) is 4.90 Å². The van der Waals surface area contributed by atoms with Crippen LogP contribution in [0.2, 0.25) is 10.0 Å². The van der Waals surface area contributed by atoms with Crippen LogP contribution in [0.25, 0.3) is 0 Å². The quantitative estimate of drug-likeness (QED) is 0.221. The number of carbonyl (C=O) groups is 1. The summed E-state index contributed by atoms with van der Waals surface area (Å²) in [6.07, 6.45) is 2.26. The Morgan fingerprint density at radius 2 is 1.64 bits per heavy atom. The second kappa shape index (κ2) is 16.1. The molecule has 2 aromatic carbocycles. The van der Waals surface area contributed by atoms with Crippen LogP contribution in [0.15, 0.2) is 41.3 Å². The SMILES string of the molecule is CCC(=O)CCCOCCOCCOCCCS(=O)(=O)c1cccc([C@@H]2CN(C)Cc3c(Cl)cc(Cl)cc32)c1. The molecule has 1 atom stereocenters. The van der Waals surface area contributed by atoms with Crippen LogP contribution in [-0.2, 0) is 35.4 Å². The monoisotopic (exact) mass is 599 g/mol. The fraction of sp³-hybridized carbons (Fsp3) is 0.552. The van der Waals surface area contributed by atoms with Crippen molar-refractivity contribution in [3.8, 4) is 0 Å². The van der Waals surface area contributed by atoms with Gasteiger partial charge in [-0.25, -0.2) is 8.42 Å². The Morgan fingerprint density at radius 1 is 0.974 bits per heavy atom. The summed E-state index contributed by atoms with van der Waals surface area (Å²) in [6, 6.07) is 10.9. The van der Waals surface area contributed by atoms with Gasteiger partial charge < -0.3 is 19.1 Å². The number of hydrogen-bond acceptors (Lipinski definition) is 7. The van der Waals surface area contributed by atoms with E-state index in [0.29, 0.717) is 73.8 Å². The van der Waals surface area contributed by atoms with E-state index < -0.39 is 9.84 Å². The summed E-state index contributed by atoms with van der Waals surface area (Å²) in [4.78, 5) is 13.7. The second-order valence-electron chi connectivity index (χ2n) is 9.78. The molecule has 0 aliphatic carbocycles. The summed E-state index contributed by atoms with van der Waals surface area (Å²) in [5, 5.41) is 1.21. The Labute approximate surface area is 242 Å².